The Hall–Kier alpha value is -0.460. The lowest BCUT2D eigenvalue weighted by molar-refractivity contribution is 0.0199. The molecule has 2 saturated heterocycles. The van der Waals surface area contributed by atoms with Crippen LogP contribution >= 0.6 is 11.8 Å². The van der Waals surface area contributed by atoms with Gasteiger partial charge in [0.2, 0.25) is 0 Å². The summed E-state index contributed by atoms with van der Waals surface area (Å²) in [5.74, 6) is 2.24. The van der Waals surface area contributed by atoms with E-state index in [1.54, 1.807) is 0 Å². The second-order valence-corrected chi connectivity index (χ2v) is 7.20. The smallest absolute Gasteiger partial charge is 0.194 e. The number of rotatable bonds is 7. The number of ether oxygens (including phenoxy) is 2. The number of thioether (sulfide) groups is 1. The van der Waals surface area contributed by atoms with Crippen molar-refractivity contribution in [2.45, 2.75) is 44.5 Å². The minimum atomic E-state index is 0.307. The maximum atomic E-state index is 5.69. The van der Waals surface area contributed by atoms with E-state index in [4.69, 9.17) is 14.5 Å². The minimum absolute atomic E-state index is 0.307. The quantitative estimate of drug-likeness (QED) is 0.440. The molecule has 6 heteroatoms. The fourth-order valence-corrected chi connectivity index (χ4v) is 3.97. The summed E-state index contributed by atoms with van der Waals surface area (Å²) in [7, 11) is 0. The topological polar surface area (TPSA) is 46.1 Å². The van der Waals surface area contributed by atoms with Gasteiger partial charge in [0.25, 0.3) is 0 Å². The van der Waals surface area contributed by atoms with Gasteiger partial charge in [-0.25, -0.2) is 0 Å². The van der Waals surface area contributed by atoms with Crippen molar-refractivity contribution in [2.75, 3.05) is 51.8 Å². The second-order valence-electron chi connectivity index (χ2n) is 5.79. The predicted molar refractivity (Wildman–Crippen MR) is 93.9 cm³/mol. The summed E-state index contributed by atoms with van der Waals surface area (Å²) in [6, 6.07) is 0. The normalized spacial score (nSPS) is 26.5. The highest BCUT2D eigenvalue weighted by molar-refractivity contribution is 8.00. The SMILES string of the molecule is CCNC(=NCCOCC1CCCO1)N1CCSC(CC)C1. The van der Waals surface area contributed by atoms with E-state index in [9.17, 15) is 0 Å². The molecular weight excluding hydrogens is 298 g/mol. The molecule has 0 aromatic carbocycles. The fourth-order valence-electron chi connectivity index (χ4n) is 2.79. The van der Waals surface area contributed by atoms with Crippen molar-refractivity contribution in [3.05, 3.63) is 0 Å². The summed E-state index contributed by atoms with van der Waals surface area (Å²) in [5, 5.41) is 4.15. The molecule has 0 aliphatic carbocycles. The molecule has 0 aromatic rings. The summed E-state index contributed by atoms with van der Waals surface area (Å²) in [4.78, 5) is 7.12. The monoisotopic (exact) mass is 329 g/mol. The highest BCUT2D eigenvalue weighted by atomic mass is 32.2. The van der Waals surface area contributed by atoms with E-state index < -0.39 is 0 Å². The summed E-state index contributed by atoms with van der Waals surface area (Å²) in [5.41, 5.74) is 0. The van der Waals surface area contributed by atoms with Crippen LogP contribution in [0.1, 0.15) is 33.1 Å². The first-order valence-electron chi connectivity index (χ1n) is 8.67. The summed E-state index contributed by atoms with van der Waals surface area (Å²) >= 11 is 2.09. The van der Waals surface area contributed by atoms with Crippen LogP contribution in [0.2, 0.25) is 0 Å². The number of hydrogen-bond acceptors (Lipinski definition) is 4. The van der Waals surface area contributed by atoms with Gasteiger partial charge in [0.15, 0.2) is 5.96 Å². The highest BCUT2D eigenvalue weighted by Crippen LogP contribution is 2.21. The van der Waals surface area contributed by atoms with E-state index in [1.807, 2.05) is 0 Å². The molecule has 0 amide bonds. The lowest BCUT2D eigenvalue weighted by Gasteiger charge is -2.34. The Balaban J connectivity index is 1.71. The van der Waals surface area contributed by atoms with E-state index in [-0.39, 0.29) is 0 Å². The molecule has 0 saturated carbocycles. The molecule has 5 nitrogen and oxygen atoms in total. The first-order chi connectivity index (χ1) is 10.8. The first kappa shape index (κ1) is 17.9. The summed E-state index contributed by atoms with van der Waals surface area (Å²) < 4.78 is 11.2. The number of nitrogens with one attached hydrogen (secondary N) is 1. The molecule has 0 spiro atoms. The third kappa shape index (κ3) is 5.97. The van der Waals surface area contributed by atoms with E-state index in [0.29, 0.717) is 19.3 Å². The van der Waals surface area contributed by atoms with Gasteiger partial charge in [0.1, 0.15) is 0 Å². The van der Waals surface area contributed by atoms with E-state index >= 15 is 0 Å². The Bertz CT molecular complexity index is 335. The summed E-state index contributed by atoms with van der Waals surface area (Å²) in [6.45, 7) is 10.5. The van der Waals surface area contributed by atoms with Crippen LogP contribution in [0.15, 0.2) is 4.99 Å². The average molecular weight is 330 g/mol. The molecule has 0 radical (unpaired) electrons. The zero-order chi connectivity index (χ0) is 15.6. The lowest BCUT2D eigenvalue weighted by atomic mass is 10.2. The molecule has 0 bridgehead atoms. The van der Waals surface area contributed by atoms with Gasteiger partial charge in [-0.3, -0.25) is 4.99 Å². The average Bonchev–Trinajstić information content (AvgIpc) is 3.07. The molecule has 2 unspecified atom stereocenters. The van der Waals surface area contributed by atoms with Crippen LogP contribution in [-0.4, -0.2) is 74.0 Å². The Morgan fingerprint density at radius 1 is 1.45 bits per heavy atom. The molecule has 2 heterocycles. The van der Waals surface area contributed by atoms with Crippen molar-refractivity contribution >= 4 is 17.7 Å². The molecule has 1 N–H and O–H groups in total. The highest BCUT2D eigenvalue weighted by Gasteiger charge is 2.21. The van der Waals surface area contributed by atoms with Crippen molar-refractivity contribution in [3.63, 3.8) is 0 Å². The minimum Gasteiger partial charge on any atom is -0.377 e. The largest absolute Gasteiger partial charge is 0.377 e. The van der Waals surface area contributed by atoms with Crippen molar-refractivity contribution in [1.29, 1.82) is 0 Å². The van der Waals surface area contributed by atoms with E-state index in [2.05, 4.69) is 35.8 Å². The van der Waals surface area contributed by atoms with Crippen LogP contribution in [-0.2, 0) is 9.47 Å². The molecule has 2 rings (SSSR count). The fraction of sp³-hybridized carbons (Fsp3) is 0.938. The van der Waals surface area contributed by atoms with Crippen LogP contribution in [0.5, 0.6) is 0 Å². The maximum absolute atomic E-state index is 5.69. The van der Waals surface area contributed by atoms with Crippen molar-refractivity contribution in [1.82, 2.24) is 10.2 Å². The maximum Gasteiger partial charge on any atom is 0.194 e. The predicted octanol–water partition coefficient (Wildman–Crippen LogP) is 1.97. The van der Waals surface area contributed by atoms with Crippen LogP contribution in [0.4, 0.5) is 0 Å². The van der Waals surface area contributed by atoms with Gasteiger partial charge in [-0.1, -0.05) is 6.92 Å². The molecule has 0 aromatic heterocycles. The van der Waals surface area contributed by atoms with E-state index in [0.717, 1.165) is 50.4 Å². The number of guanidine groups is 1. The van der Waals surface area contributed by atoms with Crippen LogP contribution in [0.3, 0.4) is 0 Å². The Morgan fingerprint density at radius 3 is 3.09 bits per heavy atom. The lowest BCUT2D eigenvalue weighted by Crippen LogP contribution is -2.48. The Kier molecular flexibility index (Phi) is 8.41. The molecule has 2 fully saturated rings. The van der Waals surface area contributed by atoms with Crippen LogP contribution in [0.25, 0.3) is 0 Å². The Labute approximate surface area is 139 Å². The second kappa shape index (κ2) is 10.3. The number of aliphatic imine (C=N–C) groups is 1. The van der Waals surface area contributed by atoms with Crippen molar-refractivity contribution in [2.24, 2.45) is 4.99 Å². The van der Waals surface area contributed by atoms with Crippen molar-refractivity contribution in [3.8, 4) is 0 Å². The number of nitrogens with zero attached hydrogens (tertiary/aromatic N) is 2. The van der Waals surface area contributed by atoms with Gasteiger partial charge < -0.3 is 19.7 Å². The molecule has 22 heavy (non-hydrogen) atoms. The van der Waals surface area contributed by atoms with E-state index in [1.165, 1.54) is 18.6 Å². The zero-order valence-corrected chi connectivity index (χ0v) is 14.9. The molecule has 2 aliphatic heterocycles. The van der Waals surface area contributed by atoms with Gasteiger partial charge in [-0.15, -0.1) is 0 Å². The third-order valence-corrected chi connectivity index (χ3v) is 5.43. The van der Waals surface area contributed by atoms with Gasteiger partial charge in [0, 0.05) is 37.2 Å². The zero-order valence-electron chi connectivity index (χ0n) is 14.1. The molecule has 2 aliphatic rings. The van der Waals surface area contributed by atoms with Gasteiger partial charge in [0.05, 0.1) is 25.9 Å². The Morgan fingerprint density at radius 2 is 2.36 bits per heavy atom. The molecular formula is C16H31N3O2S. The van der Waals surface area contributed by atoms with Gasteiger partial charge in [-0.05, 0) is 26.2 Å². The first-order valence-corrected chi connectivity index (χ1v) is 9.72. The van der Waals surface area contributed by atoms with Gasteiger partial charge in [-0.2, -0.15) is 11.8 Å². The number of hydrogen-bond donors (Lipinski definition) is 1. The van der Waals surface area contributed by atoms with Crippen molar-refractivity contribution < 1.29 is 9.47 Å². The molecule has 2 atom stereocenters. The summed E-state index contributed by atoms with van der Waals surface area (Å²) in [6.07, 6.45) is 3.84. The standard InChI is InChI=1S/C16H31N3O2S/c1-3-15-12-19(8-11-22-15)16(17-4-2)18-7-10-20-13-14-6-5-9-21-14/h14-15H,3-13H2,1-2H3,(H,17,18). The van der Waals surface area contributed by atoms with Crippen LogP contribution < -0.4 is 5.32 Å². The van der Waals surface area contributed by atoms with Gasteiger partial charge >= 0.3 is 0 Å². The third-order valence-electron chi connectivity index (χ3n) is 4.05. The molecule has 128 valence electrons. The van der Waals surface area contributed by atoms with Crippen LogP contribution in [0, 0.1) is 0 Å².